The van der Waals surface area contributed by atoms with E-state index in [1.54, 1.807) is 25.3 Å². The molecule has 0 aliphatic heterocycles. The Hall–Kier alpha value is -1.26. The van der Waals surface area contributed by atoms with E-state index in [1.165, 1.54) is 12.1 Å². The molecule has 2 aromatic rings. The van der Waals surface area contributed by atoms with Crippen LogP contribution in [0.5, 0.6) is 5.75 Å². The smallest absolute Gasteiger partial charge is 0.142 e. The van der Waals surface area contributed by atoms with Crippen LogP contribution >= 0.6 is 27.5 Å². The molecular weight excluding hydrogens is 333 g/mol. The minimum Gasteiger partial charge on any atom is -0.495 e. The highest BCUT2D eigenvalue weighted by Gasteiger charge is 2.04. The number of halogens is 3. The molecule has 1 N–H and O–H groups in total. The number of hydrogen-bond donors (Lipinski definition) is 1. The number of benzene rings is 2. The van der Waals surface area contributed by atoms with Gasteiger partial charge in [-0.15, -0.1) is 0 Å². The van der Waals surface area contributed by atoms with Gasteiger partial charge in [-0.1, -0.05) is 27.5 Å². The molecular formula is C14H12BrClFNO. The lowest BCUT2D eigenvalue weighted by Crippen LogP contribution is -2.02. The molecule has 0 spiro atoms. The van der Waals surface area contributed by atoms with Gasteiger partial charge in [0.1, 0.15) is 11.6 Å². The van der Waals surface area contributed by atoms with Crippen molar-refractivity contribution in [2.24, 2.45) is 0 Å². The third-order valence-corrected chi connectivity index (χ3v) is 3.26. The number of nitrogens with one attached hydrogen (secondary N) is 1. The maximum atomic E-state index is 13.3. The third-order valence-electron chi connectivity index (χ3n) is 2.57. The van der Waals surface area contributed by atoms with Crippen LogP contribution in [0.4, 0.5) is 10.1 Å². The number of anilines is 1. The lowest BCUT2D eigenvalue weighted by molar-refractivity contribution is 0.416. The first-order valence-corrected chi connectivity index (χ1v) is 6.78. The molecule has 19 heavy (non-hydrogen) atoms. The molecule has 100 valence electrons. The molecule has 0 heterocycles. The summed E-state index contributed by atoms with van der Waals surface area (Å²) >= 11 is 9.21. The van der Waals surface area contributed by atoms with Crippen molar-refractivity contribution >= 4 is 33.2 Å². The predicted octanol–water partition coefficient (Wildman–Crippen LogP) is 4.86. The second-order valence-electron chi connectivity index (χ2n) is 3.98. The summed E-state index contributed by atoms with van der Waals surface area (Å²) in [4.78, 5) is 0. The summed E-state index contributed by atoms with van der Waals surface area (Å²) in [5.74, 6) is 0.420. The zero-order valence-corrected chi connectivity index (χ0v) is 12.6. The van der Waals surface area contributed by atoms with Gasteiger partial charge in [-0.3, -0.25) is 0 Å². The van der Waals surface area contributed by atoms with E-state index in [0.29, 0.717) is 21.8 Å². The summed E-state index contributed by atoms with van der Waals surface area (Å²) in [6, 6.07) is 10.1. The highest BCUT2D eigenvalue weighted by Crippen LogP contribution is 2.28. The summed E-state index contributed by atoms with van der Waals surface area (Å²) in [7, 11) is 1.59. The van der Waals surface area contributed by atoms with E-state index in [2.05, 4.69) is 21.2 Å². The largest absolute Gasteiger partial charge is 0.495 e. The average Bonchev–Trinajstić information content (AvgIpc) is 2.35. The van der Waals surface area contributed by atoms with Gasteiger partial charge in [0.25, 0.3) is 0 Å². The molecule has 0 aliphatic carbocycles. The standard InChI is InChI=1S/C14H12BrClFNO/c1-19-14-3-2-11(16)7-13(14)18-8-9-4-10(15)6-12(17)5-9/h2-7,18H,8H2,1H3. The number of rotatable bonds is 4. The van der Waals surface area contributed by atoms with Crippen molar-refractivity contribution in [1.29, 1.82) is 0 Å². The minimum atomic E-state index is -0.274. The maximum Gasteiger partial charge on any atom is 0.142 e. The van der Waals surface area contributed by atoms with Crippen molar-refractivity contribution in [2.75, 3.05) is 12.4 Å². The molecule has 0 unspecified atom stereocenters. The van der Waals surface area contributed by atoms with E-state index in [9.17, 15) is 4.39 Å². The van der Waals surface area contributed by atoms with Crippen molar-refractivity contribution in [3.63, 3.8) is 0 Å². The van der Waals surface area contributed by atoms with Gasteiger partial charge >= 0.3 is 0 Å². The van der Waals surface area contributed by atoms with Crippen LogP contribution in [-0.2, 0) is 6.54 Å². The van der Waals surface area contributed by atoms with Gasteiger partial charge in [0, 0.05) is 16.0 Å². The van der Waals surface area contributed by atoms with E-state index in [-0.39, 0.29) is 5.82 Å². The number of hydrogen-bond acceptors (Lipinski definition) is 2. The van der Waals surface area contributed by atoms with Crippen molar-refractivity contribution in [3.8, 4) is 5.75 Å². The number of ether oxygens (including phenoxy) is 1. The van der Waals surface area contributed by atoms with Crippen LogP contribution in [0.15, 0.2) is 40.9 Å². The minimum absolute atomic E-state index is 0.274. The lowest BCUT2D eigenvalue weighted by Gasteiger charge is -2.12. The topological polar surface area (TPSA) is 21.3 Å². The Morgan fingerprint density at radius 1 is 1.26 bits per heavy atom. The third kappa shape index (κ3) is 3.85. The van der Waals surface area contributed by atoms with Crippen LogP contribution in [0.2, 0.25) is 5.02 Å². The molecule has 0 fully saturated rings. The Morgan fingerprint density at radius 2 is 2.05 bits per heavy atom. The molecule has 0 atom stereocenters. The van der Waals surface area contributed by atoms with E-state index >= 15 is 0 Å². The summed E-state index contributed by atoms with van der Waals surface area (Å²) in [6.07, 6.45) is 0. The van der Waals surface area contributed by atoms with Crippen LogP contribution in [0.25, 0.3) is 0 Å². The molecule has 5 heteroatoms. The second kappa shape index (κ2) is 6.26. The van der Waals surface area contributed by atoms with Crippen LogP contribution < -0.4 is 10.1 Å². The van der Waals surface area contributed by atoms with E-state index in [0.717, 1.165) is 11.3 Å². The molecule has 0 saturated heterocycles. The molecule has 0 amide bonds. The molecule has 0 bridgehead atoms. The highest BCUT2D eigenvalue weighted by atomic mass is 79.9. The first-order valence-electron chi connectivity index (χ1n) is 5.61. The average molecular weight is 345 g/mol. The Bertz CT molecular complexity index is 571. The summed E-state index contributed by atoms with van der Waals surface area (Å²) < 4.78 is 19.2. The molecule has 0 saturated carbocycles. The maximum absolute atomic E-state index is 13.3. The normalized spacial score (nSPS) is 10.3. The van der Waals surface area contributed by atoms with Gasteiger partial charge in [-0.2, -0.15) is 0 Å². The second-order valence-corrected chi connectivity index (χ2v) is 5.33. The predicted molar refractivity (Wildman–Crippen MR) is 79.4 cm³/mol. The van der Waals surface area contributed by atoms with Gasteiger partial charge in [0.05, 0.1) is 12.8 Å². The quantitative estimate of drug-likeness (QED) is 0.855. The molecule has 2 aromatic carbocycles. The van der Waals surface area contributed by atoms with Crippen LogP contribution in [0.3, 0.4) is 0 Å². The lowest BCUT2D eigenvalue weighted by atomic mass is 10.2. The highest BCUT2D eigenvalue weighted by molar-refractivity contribution is 9.10. The molecule has 2 nitrogen and oxygen atoms in total. The van der Waals surface area contributed by atoms with E-state index < -0.39 is 0 Å². The molecule has 0 aromatic heterocycles. The van der Waals surface area contributed by atoms with Gasteiger partial charge in [-0.25, -0.2) is 4.39 Å². The Labute approximate surface area is 124 Å². The molecule has 2 rings (SSSR count). The van der Waals surface area contributed by atoms with E-state index in [1.807, 2.05) is 6.07 Å². The molecule has 0 radical (unpaired) electrons. The zero-order chi connectivity index (χ0) is 13.8. The fourth-order valence-electron chi connectivity index (χ4n) is 1.73. The SMILES string of the molecule is COc1ccc(Cl)cc1NCc1cc(F)cc(Br)c1. The van der Waals surface area contributed by atoms with Crippen molar-refractivity contribution in [2.45, 2.75) is 6.54 Å². The fraction of sp³-hybridized carbons (Fsp3) is 0.143. The summed E-state index contributed by atoms with van der Waals surface area (Å²) in [5.41, 5.74) is 1.60. The first-order chi connectivity index (χ1) is 9.08. The van der Waals surface area contributed by atoms with Crippen molar-refractivity contribution in [3.05, 3.63) is 57.3 Å². The van der Waals surface area contributed by atoms with Gasteiger partial charge < -0.3 is 10.1 Å². The van der Waals surface area contributed by atoms with Crippen molar-refractivity contribution < 1.29 is 9.13 Å². The van der Waals surface area contributed by atoms with Crippen LogP contribution in [-0.4, -0.2) is 7.11 Å². The van der Waals surface area contributed by atoms with Crippen LogP contribution in [0.1, 0.15) is 5.56 Å². The Kier molecular flexibility index (Phi) is 4.66. The zero-order valence-electron chi connectivity index (χ0n) is 10.2. The Balaban J connectivity index is 2.16. The monoisotopic (exact) mass is 343 g/mol. The van der Waals surface area contributed by atoms with Crippen LogP contribution in [0, 0.1) is 5.82 Å². The first kappa shape index (κ1) is 14.2. The van der Waals surface area contributed by atoms with E-state index in [4.69, 9.17) is 16.3 Å². The summed E-state index contributed by atoms with van der Waals surface area (Å²) in [5, 5.41) is 3.79. The van der Waals surface area contributed by atoms with Crippen molar-refractivity contribution in [1.82, 2.24) is 0 Å². The Morgan fingerprint density at radius 3 is 2.74 bits per heavy atom. The fourth-order valence-corrected chi connectivity index (χ4v) is 2.41. The number of methoxy groups -OCH3 is 1. The van der Waals surface area contributed by atoms with Gasteiger partial charge in [-0.05, 0) is 42.0 Å². The summed E-state index contributed by atoms with van der Waals surface area (Å²) in [6.45, 7) is 0.479. The van der Waals surface area contributed by atoms with Gasteiger partial charge in [0.15, 0.2) is 0 Å². The van der Waals surface area contributed by atoms with Gasteiger partial charge in [0.2, 0.25) is 0 Å². The molecule has 0 aliphatic rings.